The van der Waals surface area contributed by atoms with Crippen LogP contribution >= 0.6 is 0 Å². The molecule has 1 aromatic heterocycles. The van der Waals surface area contributed by atoms with Gasteiger partial charge in [-0.05, 0) is 42.9 Å². The van der Waals surface area contributed by atoms with Crippen LogP contribution in [-0.4, -0.2) is 23.3 Å². The lowest BCUT2D eigenvalue weighted by atomic mass is 10.1. The van der Waals surface area contributed by atoms with E-state index in [9.17, 15) is 4.79 Å². The highest BCUT2D eigenvalue weighted by atomic mass is 16.5. The highest BCUT2D eigenvalue weighted by Crippen LogP contribution is 2.41. The second-order valence-corrected chi connectivity index (χ2v) is 5.32. The van der Waals surface area contributed by atoms with Crippen molar-refractivity contribution < 1.29 is 14.3 Å². The first-order chi connectivity index (χ1) is 10.7. The molecule has 0 saturated heterocycles. The number of methoxy groups -OCH3 is 1. The Labute approximate surface area is 129 Å². The van der Waals surface area contributed by atoms with E-state index in [1.165, 1.54) is 31.7 Å². The third-order valence-corrected chi connectivity index (χ3v) is 3.75. The number of benzene rings is 1. The molecule has 0 spiro atoms. The van der Waals surface area contributed by atoms with E-state index in [1.807, 2.05) is 25.1 Å². The lowest BCUT2D eigenvalue weighted by Crippen LogP contribution is -2.10. The molecule has 114 valence electrons. The van der Waals surface area contributed by atoms with E-state index >= 15 is 0 Å². The van der Waals surface area contributed by atoms with Crippen molar-refractivity contribution >= 4 is 5.97 Å². The number of aryl methyl sites for hydroxylation is 1. The van der Waals surface area contributed by atoms with Gasteiger partial charge in [0.15, 0.2) is 5.75 Å². The minimum Gasteiger partial charge on any atom is -0.465 e. The molecule has 0 aliphatic heterocycles. The Kier molecular flexibility index (Phi) is 4.04. The summed E-state index contributed by atoms with van der Waals surface area (Å²) in [4.78, 5) is 12.0. The number of aromatic nitrogens is 2. The van der Waals surface area contributed by atoms with E-state index < -0.39 is 5.97 Å². The molecular formula is C17H18N2O3. The molecule has 0 unspecified atom stereocenters. The normalized spacial score (nSPS) is 13.7. The average Bonchev–Trinajstić information content (AvgIpc) is 3.39. The van der Waals surface area contributed by atoms with Crippen LogP contribution in [0.25, 0.3) is 0 Å². The van der Waals surface area contributed by atoms with Crippen LogP contribution in [0.2, 0.25) is 0 Å². The smallest absolute Gasteiger partial charge is 0.343 e. The Morgan fingerprint density at radius 2 is 2.18 bits per heavy atom. The fourth-order valence-corrected chi connectivity index (χ4v) is 2.43. The monoisotopic (exact) mass is 298 g/mol. The Hall–Kier alpha value is -2.43. The second kappa shape index (κ2) is 6.13. The van der Waals surface area contributed by atoms with Crippen LogP contribution in [0.1, 0.15) is 47.3 Å². The summed E-state index contributed by atoms with van der Waals surface area (Å²) in [6, 6.07) is 7.97. The van der Waals surface area contributed by atoms with Crippen LogP contribution in [0, 0.1) is 0 Å². The molecule has 5 nitrogen and oxygen atoms in total. The van der Waals surface area contributed by atoms with Crippen LogP contribution in [0.15, 0.2) is 30.5 Å². The zero-order valence-corrected chi connectivity index (χ0v) is 12.7. The van der Waals surface area contributed by atoms with Gasteiger partial charge in [-0.15, -0.1) is 0 Å². The quantitative estimate of drug-likeness (QED) is 0.791. The summed E-state index contributed by atoms with van der Waals surface area (Å²) in [6.45, 7) is 1.91. The summed E-state index contributed by atoms with van der Waals surface area (Å²) < 4.78 is 10.7. The Balaban J connectivity index is 1.94. The fraction of sp³-hybridized carbons (Fsp3) is 0.353. The molecule has 22 heavy (non-hydrogen) atoms. The van der Waals surface area contributed by atoms with Gasteiger partial charge in [0.1, 0.15) is 11.3 Å². The molecule has 1 aromatic carbocycles. The Morgan fingerprint density at radius 3 is 2.86 bits per heavy atom. The molecule has 0 radical (unpaired) electrons. The van der Waals surface area contributed by atoms with Crippen LogP contribution in [-0.2, 0) is 11.2 Å². The summed E-state index contributed by atoms with van der Waals surface area (Å²) in [5.74, 6) is 1.27. The van der Waals surface area contributed by atoms with Gasteiger partial charge in [-0.3, -0.25) is 0 Å². The van der Waals surface area contributed by atoms with Gasteiger partial charge in [0.25, 0.3) is 0 Å². The first-order valence-electron chi connectivity index (χ1n) is 7.43. The lowest BCUT2D eigenvalue weighted by molar-refractivity contribution is 0.0595. The molecule has 0 amide bonds. The number of rotatable bonds is 5. The van der Waals surface area contributed by atoms with Gasteiger partial charge in [0, 0.05) is 0 Å². The minimum atomic E-state index is -0.458. The van der Waals surface area contributed by atoms with Crippen LogP contribution in [0.4, 0.5) is 0 Å². The van der Waals surface area contributed by atoms with E-state index in [1.54, 1.807) is 0 Å². The van der Waals surface area contributed by atoms with Crippen molar-refractivity contribution in [1.29, 1.82) is 0 Å². The Morgan fingerprint density at radius 1 is 1.36 bits per heavy atom. The topological polar surface area (TPSA) is 61.3 Å². The average molecular weight is 298 g/mol. The minimum absolute atomic E-state index is 0.344. The maximum atomic E-state index is 12.0. The van der Waals surface area contributed by atoms with E-state index in [4.69, 9.17) is 9.47 Å². The van der Waals surface area contributed by atoms with Crippen molar-refractivity contribution in [1.82, 2.24) is 10.2 Å². The van der Waals surface area contributed by atoms with E-state index in [2.05, 4.69) is 16.3 Å². The third kappa shape index (κ3) is 2.93. The summed E-state index contributed by atoms with van der Waals surface area (Å²) in [5, 5.41) is 7.91. The highest BCUT2D eigenvalue weighted by molar-refractivity contribution is 5.93. The number of nitrogens with zero attached hydrogens (tertiary/aromatic N) is 2. The predicted octanol–water partition coefficient (Wildman–Crippen LogP) is 3.50. The van der Waals surface area contributed by atoms with Crippen molar-refractivity contribution in [2.24, 2.45) is 0 Å². The molecule has 1 aliphatic carbocycles. The van der Waals surface area contributed by atoms with Gasteiger partial charge in [0.2, 0.25) is 0 Å². The van der Waals surface area contributed by atoms with E-state index in [0.717, 1.165) is 0 Å². The standard InChI is InChI=1S/C17H18N2O3/c1-3-14-16(17(20)21-2)15(10-18-19-14)22-13-6-4-5-12(9-13)11-7-8-11/h4-6,9-11H,3,7-8H2,1-2H3. The van der Waals surface area contributed by atoms with Crippen LogP contribution < -0.4 is 4.74 Å². The molecule has 3 rings (SSSR count). The molecule has 1 heterocycles. The molecule has 0 atom stereocenters. The molecule has 2 aromatic rings. The lowest BCUT2D eigenvalue weighted by Gasteiger charge is -2.12. The largest absolute Gasteiger partial charge is 0.465 e. The molecule has 5 heteroatoms. The number of carbonyl (C=O) groups excluding carboxylic acids is 1. The number of ether oxygens (including phenoxy) is 2. The Bertz CT molecular complexity index is 696. The molecule has 1 saturated carbocycles. The van der Waals surface area contributed by atoms with Crippen LogP contribution in [0.5, 0.6) is 11.5 Å². The number of hydrogen-bond acceptors (Lipinski definition) is 5. The maximum Gasteiger partial charge on any atom is 0.343 e. The molecule has 1 aliphatic rings. The molecule has 1 fully saturated rings. The van der Waals surface area contributed by atoms with Gasteiger partial charge in [-0.1, -0.05) is 19.1 Å². The summed E-state index contributed by atoms with van der Waals surface area (Å²) in [6.07, 6.45) is 4.49. The molecular weight excluding hydrogens is 280 g/mol. The second-order valence-electron chi connectivity index (χ2n) is 5.32. The first-order valence-corrected chi connectivity index (χ1v) is 7.43. The fourth-order valence-electron chi connectivity index (χ4n) is 2.43. The number of carbonyl (C=O) groups is 1. The number of hydrogen-bond donors (Lipinski definition) is 0. The summed E-state index contributed by atoms with van der Waals surface area (Å²) >= 11 is 0. The van der Waals surface area contributed by atoms with E-state index in [0.29, 0.717) is 35.1 Å². The van der Waals surface area contributed by atoms with Crippen molar-refractivity contribution in [2.45, 2.75) is 32.1 Å². The van der Waals surface area contributed by atoms with E-state index in [-0.39, 0.29) is 0 Å². The van der Waals surface area contributed by atoms with Crippen molar-refractivity contribution in [3.63, 3.8) is 0 Å². The third-order valence-electron chi connectivity index (χ3n) is 3.75. The van der Waals surface area contributed by atoms with Gasteiger partial charge >= 0.3 is 5.97 Å². The SMILES string of the molecule is CCc1nncc(Oc2cccc(C3CC3)c2)c1C(=O)OC. The van der Waals surface area contributed by atoms with Gasteiger partial charge in [0.05, 0.1) is 19.0 Å². The van der Waals surface area contributed by atoms with Crippen molar-refractivity contribution in [3.05, 3.63) is 47.3 Å². The maximum absolute atomic E-state index is 12.0. The molecule has 0 bridgehead atoms. The number of esters is 1. The van der Waals surface area contributed by atoms with Crippen molar-refractivity contribution in [3.8, 4) is 11.5 Å². The zero-order valence-electron chi connectivity index (χ0n) is 12.7. The first kappa shape index (κ1) is 14.5. The summed E-state index contributed by atoms with van der Waals surface area (Å²) in [5.41, 5.74) is 2.19. The predicted molar refractivity (Wildman–Crippen MR) is 81.2 cm³/mol. The molecule has 0 N–H and O–H groups in total. The van der Waals surface area contributed by atoms with Crippen molar-refractivity contribution in [2.75, 3.05) is 7.11 Å². The highest BCUT2D eigenvalue weighted by Gasteiger charge is 2.24. The van der Waals surface area contributed by atoms with Gasteiger partial charge < -0.3 is 9.47 Å². The zero-order chi connectivity index (χ0) is 15.5. The summed E-state index contributed by atoms with van der Waals surface area (Å²) in [7, 11) is 1.35. The van der Waals surface area contributed by atoms with Crippen LogP contribution in [0.3, 0.4) is 0 Å². The van der Waals surface area contributed by atoms with Gasteiger partial charge in [-0.25, -0.2) is 4.79 Å². The van der Waals surface area contributed by atoms with Gasteiger partial charge in [-0.2, -0.15) is 10.2 Å².